The Bertz CT molecular complexity index is 1660. The van der Waals surface area contributed by atoms with E-state index in [1.165, 1.54) is 27.8 Å². The van der Waals surface area contributed by atoms with E-state index in [9.17, 15) is 39.6 Å². The average Bonchev–Trinajstić information content (AvgIpc) is 4.03. The van der Waals surface area contributed by atoms with Crippen LogP contribution >= 0.6 is 0 Å². The van der Waals surface area contributed by atoms with E-state index in [4.69, 9.17) is 0 Å². The Kier molecular flexibility index (Phi) is 14.2. The quantitative estimate of drug-likeness (QED) is 0.0734. The summed E-state index contributed by atoms with van der Waals surface area (Å²) in [6.07, 6.45) is 15.1. The molecule has 0 aromatic heterocycles. The molecular formula is C46H66O8. The van der Waals surface area contributed by atoms with Crippen LogP contribution in [0.25, 0.3) is 0 Å². The van der Waals surface area contributed by atoms with Crippen molar-refractivity contribution in [2.45, 2.75) is 169 Å². The van der Waals surface area contributed by atoms with Crippen LogP contribution < -0.4 is 0 Å². The molecule has 0 amide bonds. The number of aryl methyl sites for hydroxylation is 6. The van der Waals surface area contributed by atoms with Gasteiger partial charge in [-0.1, -0.05) is 61.6 Å². The maximum atomic E-state index is 12.9. The molecule has 2 saturated carbocycles. The van der Waals surface area contributed by atoms with Crippen molar-refractivity contribution in [2.24, 2.45) is 21.7 Å². The second-order valence-corrected chi connectivity index (χ2v) is 18.3. The van der Waals surface area contributed by atoms with Crippen molar-refractivity contribution in [3.63, 3.8) is 0 Å². The van der Waals surface area contributed by atoms with E-state index >= 15 is 0 Å². The second kappa shape index (κ2) is 17.8. The van der Waals surface area contributed by atoms with E-state index < -0.39 is 45.5 Å². The van der Waals surface area contributed by atoms with Crippen LogP contribution in [0.1, 0.15) is 169 Å². The maximum Gasteiger partial charge on any atom is 0.310 e. The van der Waals surface area contributed by atoms with E-state index in [0.29, 0.717) is 32.1 Å². The van der Waals surface area contributed by atoms with Gasteiger partial charge in [-0.2, -0.15) is 0 Å². The van der Waals surface area contributed by atoms with Crippen LogP contribution in [0.3, 0.4) is 0 Å². The molecule has 2 aromatic rings. The van der Waals surface area contributed by atoms with Crippen molar-refractivity contribution in [1.82, 2.24) is 0 Å². The molecule has 2 aliphatic rings. The molecule has 0 bridgehead atoms. The molecule has 2 aliphatic carbocycles. The molecule has 2 atom stereocenters. The van der Waals surface area contributed by atoms with Crippen LogP contribution in [0.15, 0.2) is 30.3 Å². The Morgan fingerprint density at radius 2 is 1.09 bits per heavy atom. The lowest BCUT2D eigenvalue weighted by molar-refractivity contribution is -0.148. The van der Waals surface area contributed by atoms with Gasteiger partial charge in [0.05, 0.1) is 21.7 Å². The van der Waals surface area contributed by atoms with Gasteiger partial charge in [-0.3, -0.25) is 19.2 Å². The highest BCUT2D eigenvalue weighted by Crippen LogP contribution is 2.63. The smallest absolute Gasteiger partial charge is 0.310 e. The zero-order chi connectivity index (χ0) is 39.9. The molecule has 2 fully saturated rings. The predicted molar refractivity (Wildman–Crippen MR) is 212 cm³/mol. The summed E-state index contributed by atoms with van der Waals surface area (Å²) in [6, 6.07) is 11.1. The molecule has 8 nitrogen and oxygen atoms in total. The molecule has 2 aromatic carbocycles. The van der Waals surface area contributed by atoms with E-state index in [0.717, 1.165) is 101 Å². The average molecular weight is 747 g/mol. The Balaban J connectivity index is 1.40. The number of hydrogen-bond donors (Lipinski definition) is 4. The van der Waals surface area contributed by atoms with Crippen molar-refractivity contribution >= 4 is 23.9 Å². The van der Waals surface area contributed by atoms with E-state index in [-0.39, 0.29) is 5.92 Å². The number of rotatable bonds is 25. The molecule has 0 saturated heterocycles. The molecule has 2 unspecified atom stereocenters. The normalized spacial score (nSPS) is 19.0. The van der Waals surface area contributed by atoms with Gasteiger partial charge in [0.15, 0.2) is 0 Å². The topological polar surface area (TPSA) is 149 Å². The zero-order valence-corrected chi connectivity index (χ0v) is 33.8. The highest BCUT2D eigenvalue weighted by Gasteiger charge is 2.60. The predicted octanol–water partition coefficient (Wildman–Crippen LogP) is 10.5. The summed E-state index contributed by atoms with van der Waals surface area (Å²) in [4.78, 5) is 47.7. The van der Waals surface area contributed by atoms with Gasteiger partial charge in [0.2, 0.25) is 0 Å². The van der Waals surface area contributed by atoms with Gasteiger partial charge in [-0.25, -0.2) is 0 Å². The van der Waals surface area contributed by atoms with Crippen LogP contribution in [0.4, 0.5) is 0 Å². The lowest BCUT2D eigenvalue weighted by atomic mass is 9.85. The molecular weight excluding hydrogens is 680 g/mol. The summed E-state index contributed by atoms with van der Waals surface area (Å²) >= 11 is 0. The summed E-state index contributed by atoms with van der Waals surface area (Å²) in [5.74, 6) is -2.98. The van der Waals surface area contributed by atoms with Crippen molar-refractivity contribution in [1.29, 1.82) is 0 Å². The second-order valence-electron chi connectivity index (χ2n) is 18.3. The minimum Gasteiger partial charge on any atom is -0.481 e. The van der Waals surface area contributed by atoms with E-state index in [2.05, 4.69) is 44.2 Å². The molecule has 0 aliphatic heterocycles. The number of hydrogen-bond acceptors (Lipinski definition) is 4. The maximum absolute atomic E-state index is 12.9. The number of aliphatic carboxylic acids is 4. The number of unbranched alkanes of at least 4 members (excludes halogenated alkanes) is 4. The third-order valence-electron chi connectivity index (χ3n) is 13.0. The van der Waals surface area contributed by atoms with Crippen molar-refractivity contribution in [2.75, 3.05) is 0 Å². The third-order valence-corrected chi connectivity index (χ3v) is 13.0. The van der Waals surface area contributed by atoms with Crippen LogP contribution in [-0.2, 0) is 44.9 Å². The first kappa shape index (κ1) is 43.1. The fourth-order valence-electron chi connectivity index (χ4n) is 8.47. The lowest BCUT2D eigenvalue weighted by Gasteiger charge is -2.20. The van der Waals surface area contributed by atoms with Crippen LogP contribution in [-0.4, -0.2) is 44.3 Å². The van der Waals surface area contributed by atoms with Gasteiger partial charge in [-0.15, -0.1) is 0 Å². The van der Waals surface area contributed by atoms with Gasteiger partial charge in [0, 0.05) is 5.92 Å². The molecule has 0 heterocycles. The first-order valence-electron chi connectivity index (χ1n) is 20.5. The van der Waals surface area contributed by atoms with Crippen molar-refractivity contribution < 1.29 is 39.6 Å². The van der Waals surface area contributed by atoms with Gasteiger partial charge < -0.3 is 20.4 Å². The Morgan fingerprint density at radius 3 is 1.59 bits per heavy atom. The fraction of sp³-hybridized carbons (Fsp3) is 0.652. The monoisotopic (exact) mass is 746 g/mol. The SMILES string of the molecule is Cc1ccc(CCCCC2(C(=O)O)CC2c2cc(CCCCC(C)(C)C(=O)O)c(CCCCC3(C(=O)O)CC3)cc2C)c(CCCCC(C)(C)C(=O)O)c1. The fourth-order valence-corrected chi connectivity index (χ4v) is 8.47. The summed E-state index contributed by atoms with van der Waals surface area (Å²) < 4.78 is 0. The molecule has 8 heteroatoms. The molecule has 54 heavy (non-hydrogen) atoms. The number of carbonyl (C=O) groups is 4. The molecule has 4 N–H and O–H groups in total. The molecule has 0 spiro atoms. The number of benzene rings is 2. The minimum absolute atomic E-state index is 0.0379. The summed E-state index contributed by atoms with van der Waals surface area (Å²) in [5, 5.41) is 39.2. The van der Waals surface area contributed by atoms with Gasteiger partial charge >= 0.3 is 23.9 Å². The number of carboxylic acid groups (broad SMARTS) is 4. The molecule has 0 radical (unpaired) electrons. The van der Waals surface area contributed by atoms with E-state index in [1.807, 2.05) is 0 Å². The standard InChI is InChI=1S/C46H66O8/c1-31-19-20-33(34(27-31)16-7-11-21-43(3,4)39(47)48)15-10-14-24-46(42(53)54)30-38(46)37-29-36(18-8-12-22-44(5,6)40(49)50)35(28-32(37)2)17-9-13-23-45(25-26-45)41(51)52/h19-20,27-29,38H,7-18,21-26,30H2,1-6H3,(H,47,48)(H,49,50)(H,51,52)(H,53,54). The van der Waals surface area contributed by atoms with Gasteiger partial charge in [-0.05, 0) is 171 Å². The zero-order valence-electron chi connectivity index (χ0n) is 33.8. The summed E-state index contributed by atoms with van der Waals surface area (Å²) in [6.45, 7) is 11.3. The highest BCUT2D eigenvalue weighted by atomic mass is 16.4. The minimum atomic E-state index is -0.789. The Labute approximate surface area is 323 Å². The van der Waals surface area contributed by atoms with Crippen LogP contribution in [0, 0.1) is 35.5 Å². The first-order valence-corrected chi connectivity index (χ1v) is 20.5. The first-order chi connectivity index (χ1) is 25.3. The van der Waals surface area contributed by atoms with Gasteiger partial charge in [0.1, 0.15) is 0 Å². The Hall–Kier alpha value is -3.68. The third kappa shape index (κ3) is 11.0. The highest BCUT2D eigenvalue weighted by molar-refractivity contribution is 5.81. The van der Waals surface area contributed by atoms with E-state index in [1.54, 1.807) is 27.7 Å². The van der Waals surface area contributed by atoms with Crippen molar-refractivity contribution in [3.05, 3.63) is 69.3 Å². The van der Waals surface area contributed by atoms with Crippen molar-refractivity contribution in [3.8, 4) is 0 Å². The Morgan fingerprint density at radius 1 is 0.611 bits per heavy atom. The number of carboxylic acids is 4. The molecule has 4 rings (SSSR count). The van der Waals surface area contributed by atoms with Crippen LogP contribution in [0.5, 0.6) is 0 Å². The summed E-state index contributed by atoms with van der Waals surface area (Å²) in [7, 11) is 0. The largest absolute Gasteiger partial charge is 0.481 e. The lowest BCUT2D eigenvalue weighted by Crippen LogP contribution is -2.23. The molecule has 298 valence electrons. The van der Waals surface area contributed by atoms with Crippen LogP contribution in [0.2, 0.25) is 0 Å². The summed E-state index contributed by atoms with van der Waals surface area (Å²) in [5.41, 5.74) is 5.74. The van der Waals surface area contributed by atoms with Gasteiger partial charge in [0.25, 0.3) is 0 Å².